The molecule has 1 aliphatic rings. The van der Waals surface area contributed by atoms with E-state index in [1.165, 1.54) is 36.5 Å². The smallest absolute Gasteiger partial charge is 0.316 e. The SMILES string of the molecule is CNCc1cc(-c2ccccc2F)n(S(=O)(=O)C2(OC(F)(F)F)C=CC=C(c3ccccc3)C2)c1. The summed E-state index contributed by atoms with van der Waals surface area (Å²) in [4.78, 5) is -2.82. The first-order chi connectivity index (χ1) is 16.6. The van der Waals surface area contributed by atoms with E-state index >= 15 is 0 Å². The number of allylic oxidation sites excluding steroid dienone is 2. The van der Waals surface area contributed by atoms with Gasteiger partial charge >= 0.3 is 6.36 Å². The van der Waals surface area contributed by atoms with Crippen molar-refractivity contribution in [2.45, 2.75) is 24.3 Å². The van der Waals surface area contributed by atoms with E-state index < -0.39 is 33.6 Å². The molecule has 2 aromatic carbocycles. The summed E-state index contributed by atoms with van der Waals surface area (Å²) in [6, 6.07) is 15.4. The summed E-state index contributed by atoms with van der Waals surface area (Å²) in [6.45, 7) is 0.210. The van der Waals surface area contributed by atoms with Crippen molar-refractivity contribution in [1.82, 2.24) is 9.29 Å². The Morgan fingerprint density at radius 3 is 2.43 bits per heavy atom. The van der Waals surface area contributed by atoms with Crippen LogP contribution in [-0.4, -0.2) is 30.7 Å². The third-order valence-electron chi connectivity index (χ3n) is 5.59. The van der Waals surface area contributed by atoms with E-state index in [-0.39, 0.29) is 17.8 Å². The Bertz CT molecular complexity index is 1380. The second-order valence-corrected chi connectivity index (χ2v) is 10.0. The van der Waals surface area contributed by atoms with Crippen LogP contribution in [0.3, 0.4) is 0 Å². The highest BCUT2D eigenvalue weighted by molar-refractivity contribution is 7.91. The molecule has 0 aliphatic heterocycles. The van der Waals surface area contributed by atoms with Gasteiger partial charge in [0.15, 0.2) is 0 Å². The number of halogens is 4. The molecular weight excluding hydrogens is 484 g/mol. The molecule has 0 bridgehead atoms. The molecule has 3 aromatic rings. The average Bonchev–Trinajstić information content (AvgIpc) is 3.24. The monoisotopic (exact) mass is 506 g/mol. The summed E-state index contributed by atoms with van der Waals surface area (Å²) in [7, 11) is -3.31. The van der Waals surface area contributed by atoms with Gasteiger partial charge in [-0.05, 0) is 48.0 Å². The van der Waals surface area contributed by atoms with Crippen LogP contribution in [0.25, 0.3) is 16.8 Å². The number of hydrogen-bond acceptors (Lipinski definition) is 4. The fourth-order valence-corrected chi connectivity index (χ4v) is 5.87. The second kappa shape index (κ2) is 9.44. The van der Waals surface area contributed by atoms with Crippen molar-refractivity contribution in [1.29, 1.82) is 0 Å². The minimum atomic E-state index is -5.27. The number of ether oxygens (including phenoxy) is 1. The summed E-state index contributed by atoms with van der Waals surface area (Å²) >= 11 is 0. The maximum atomic E-state index is 14.7. The summed E-state index contributed by atoms with van der Waals surface area (Å²) in [5, 5.41) is 2.86. The molecule has 0 amide bonds. The fraction of sp³-hybridized carbons (Fsp3) is 0.200. The van der Waals surface area contributed by atoms with Gasteiger partial charge < -0.3 is 5.32 Å². The standard InChI is InChI=1S/C25H22F4N2O3S/c1-30-16-18-14-23(21-11-5-6-12-22(21)26)31(17-18)35(32,33)24(34-25(27,28)29)13-7-10-20(15-24)19-8-3-2-4-9-19/h2-14,17,30H,15-16H2,1H3. The van der Waals surface area contributed by atoms with Crippen LogP contribution in [0.5, 0.6) is 0 Å². The van der Waals surface area contributed by atoms with E-state index in [4.69, 9.17) is 0 Å². The van der Waals surface area contributed by atoms with Crippen molar-refractivity contribution < 1.29 is 30.7 Å². The summed E-state index contributed by atoms with van der Waals surface area (Å²) in [5.74, 6) is -0.715. The quantitative estimate of drug-likeness (QED) is 0.432. The number of rotatable bonds is 7. The summed E-state index contributed by atoms with van der Waals surface area (Å²) in [5.41, 5.74) is 1.16. The van der Waals surface area contributed by atoms with E-state index in [0.717, 1.165) is 12.1 Å². The molecular formula is C25H22F4N2O3S. The van der Waals surface area contributed by atoms with Gasteiger partial charge in [-0.15, -0.1) is 13.2 Å². The molecule has 1 N–H and O–H groups in total. The lowest BCUT2D eigenvalue weighted by Gasteiger charge is -2.34. The molecule has 1 heterocycles. The zero-order chi connectivity index (χ0) is 25.3. The Labute approximate surface area is 200 Å². The van der Waals surface area contributed by atoms with Crippen molar-refractivity contribution in [3.05, 3.63) is 102 Å². The third kappa shape index (κ3) is 4.95. The third-order valence-corrected chi connectivity index (χ3v) is 7.64. The van der Waals surface area contributed by atoms with Crippen LogP contribution in [-0.2, 0) is 21.3 Å². The van der Waals surface area contributed by atoms with Crippen molar-refractivity contribution in [2.24, 2.45) is 0 Å². The van der Waals surface area contributed by atoms with Crippen LogP contribution in [0, 0.1) is 5.82 Å². The zero-order valence-corrected chi connectivity index (χ0v) is 19.4. The number of benzene rings is 2. The Morgan fingerprint density at radius 1 is 1.09 bits per heavy atom. The highest BCUT2D eigenvalue weighted by Gasteiger charge is 2.53. The van der Waals surface area contributed by atoms with Crippen molar-refractivity contribution in [2.75, 3.05) is 7.05 Å². The summed E-state index contributed by atoms with van der Waals surface area (Å²) < 4.78 is 88.7. The minimum absolute atomic E-state index is 0.0702. The first-order valence-electron chi connectivity index (χ1n) is 10.6. The van der Waals surface area contributed by atoms with Crippen LogP contribution >= 0.6 is 0 Å². The van der Waals surface area contributed by atoms with E-state index in [1.807, 2.05) is 0 Å². The van der Waals surface area contributed by atoms with Crippen LogP contribution in [0.1, 0.15) is 17.5 Å². The van der Waals surface area contributed by atoms with Crippen LogP contribution in [0.4, 0.5) is 17.6 Å². The minimum Gasteiger partial charge on any atom is -0.316 e. The van der Waals surface area contributed by atoms with Crippen molar-refractivity contribution in [3.8, 4) is 11.3 Å². The predicted octanol–water partition coefficient (Wildman–Crippen LogP) is 5.47. The average molecular weight is 507 g/mol. The van der Waals surface area contributed by atoms with Gasteiger partial charge in [0.25, 0.3) is 10.0 Å². The number of nitrogens with one attached hydrogen (secondary N) is 1. The van der Waals surface area contributed by atoms with Crippen LogP contribution in [0.2, 0.25) is 0 Å². The maximum absolute atomic E-state index is 14.7. The zero-order valence-electron chi connectivity index (χ0n) is 18.6. The Balaban J connectivity index is 1.91. The predicted molar refractivity (Wildman–Crippen MR) is 125 cm³/mol. The number of hydrogen-bond donors (Lipinski definition) is 1. The molecule has 4 rings (SSSR count). The number of nitrogens with zero attached hydrogens (tertiary/aromatic N) is 1. The molecule has 0 saturated heterocycles. The largest absolute Gasteiger partial charge is 0.524 e. The molecule has 35 heavy (non-hydrogen) atoms. The Hall–Kier alpha value is -3.21. The van der Waals surface area contributed by atoms with Gasteiger partial charge in [0, 0.05) is 24.7 Å². The topological polar surface area (TPSA) is 60.3 Å². The van der Waals surface area contributed by atoms with Crippen LogP contribution < -0.4 is 5.32 Å². The van der Waals surface area contributed by atoms with E-state index in [0.29, 0.717) is 20.7 Å². The molecule has 0 fully saturated rings. The lowest BCUT2D eigenvalue weighted by molar-refractivity contribution is -0.343. The molecule has 0 saturated carbocycles. The molecule has 1 aliphatic carbocycles. The van der Waals surface area contributed by atoms with Gasteiger partial charge in [-0.1, -0.05) is 54.6 Å². The fourth-order valence-electron chi connectivity index (χ4n) is 4.07. The molecule has 0 radical (unpaired) electrons. The Kier molecular flexibility index (Phi) is 6.72. The van der Waals surface area contributed by atoms with Crippen molar-refractivity contribution in [3.63, 3.8) is 0 Å². The van der Waals surface area contributed by atoms with Gasteiger partial charge in [0.2, 0.25) is 4.93 Å². The van der Waals surface area contributed by atoms with E-state index in [9.17, 15) is 26.0 Å². The van der Waals surface area contributed by atoms with Gasteiger partial charge in [0.05, 0.1) is 5.69 Å². The number of alkyl halides is 3. The highest BCUT2D eigenvalue weighted by Crippen LogP contribution is 2.43. The lowest BCUT2D eigenvalue weighted by atomic mass is 9.95. The highest BCUT2D eigenvalue weighted by atomic mass is 32.2. The summed E-state index contributed by atoms with van der Waals surface area (Å²) in [6.07, 6.45) is -1.03. The first kappa shape index (κ1) is 24.9. The normalized spacial score (nSPS) is 18.5. The Morgan fingerprint density at radius 2 is 1.77 bits per heavy atom. The first-order valence-corrected chi connectivity index (χ1v) is 12.1. The molecule has 184 valence electrons. The van der Waals surface area contributed by atoms with Crippen molar-refractivity contribution >= 4 is 15.6 Å². The van der Waals surface area contributed by atoms with Gasteiger partial charge in [-0.2, -0.15) is 0 Å². The molecule has 10 heteroatoms. The van der Waals surface area contributed by atoms with Gasteiger partial charge in [0.1, 0.15) is 5.82 Å². The molecule has 1 aromatic heterocycles. The van der Waals surface area contributed by atoms with Gasteiger partial charge in [-0.25, -0.2) is 16.8 Å². The van der Waals surface area contributed by atoms with Gasteiger partial charge in [-0.3, -0.25) is 4.74 Å². The molecule has 0 spiro atoms. The van der Waals surface area contributed by atoms with E-state index in [1.54, 1.807) is 43.5 Å². The van der Waals surface area contributed by atoms with E-state index in [2.05, 4.69) is 10.1 Å². The number of aromatic nitrogens is 1. The maximum Gasteiger partial charge on any atom is 0.524 e. The molecule has 1 unspecified atom stereocenters. The molecule has 5 nitrogen and oxygen atoms in total. The molecule has 1 atom stereocenters. The second-order valence-electron chi connectivity index (χ2n) is 8.00. The lowest BCUT2D eigenvalue weighted by Crippen LogP contribution is -2.47. The van der Waals surface area contributed by atoms with Crippen LogP contribution in [0.15, 0.2) is 85.1 Å².